The molecular weight excluding hydrogens is 609 g/mol. The van der Waals surface area contributed by atoms with E-state index in [1.807, 2.05) is 17.4 Å². The van der Waals surface area contributed by atoms with Crippen molar-refractivity contribution in [2.45, 2.75) is 0 Å². The highest BCUT2D eigenvalue weighted by atomic mass is 32.1. The van der Waals surface area contributed by atoms with Gasteiger partial charge >= 0.3 is 0 Å². The van der Waals surface area contributed by atoms with E-state index in [9.17, 15) is 0 Å². The van der Waals surface area contributed by atoms with Crippen LogP contribution < -0.4 is 4.90 Å². The molecule has 222 valence electrons. The number of benzene rings is 7. The van der Waals surface area contributed by atoms with Gasteiger partial charge in [0.25, 0.3) is 0 Å². The van der Waals surface area contributed by atoms with Crippen molar-refractivity contribution >= 4 is 70.1 Å². The number of anilines is 3. The van der Waals surface area contributed by atoms with Gasteiger partial charge < -0.3 is 4.90 Å². The van der Waals surface area contributed by atoms with Crippen LogP contribution in [0, 0.1) is 0 Å². The number of thiophene rings is 1. The topological polar surface area (TPSA) is 16.1 Å². The van der Waals surface area contributed by atoms with Crippen LogP contribution in [0.4, 0.5) is 17.1 Å². The Bertz CT molecular complexity index is 2400. The summed E-state index contributed by atoms with van der Waals surface area (Å²) in [4.78, 5) is 7.38. The van der Waals surface area contributed by atoms with Crippen molar-refractivity contribution in [2.75, 3.05) is 4.90 Å². The number of fused-ring (bicyclic) bond motifs is 4. The van der Waals surface area contributed by atoms with Gasteiger partial charge in [0, 0.05) is 42.8 Å². The fourth-order valence-electron chi connectivity index (χ4n) is 6.34. The van der Waals surface area contributed by atoms with Gasteiger partial charge in [0.1, 0.15) is 5.01 Å². The van der Waals surface area contributed by atoms with E-state index in [0.717, 1.165) is 27.6 Å². The van der Waals surface area contributed by atoms with Gasteiger partial charge in [0.2, 0.25) is 0 Å². The molecule has 0 aliphatic heterocycles. The monoisotopic (exact) mass is 636 g/mol. The molecule has 47 heavy (non-hydrogen) atoms. The minimum atomic E-state index is 1.06. The van der Waals surface area contributed by atoms with Gasteiger partial charge in [-0.3, -0.25) is 0 Å². The van der Waals surface area contributed by atoms with Crippen molar-refractivity contribution in [1.82, 2.24) is 4.98 Å². The Morgan fingerprint density at radius 2 is 0.851 bits per heavy atom. The molecule has 9 aromatic rings. The summed E-state index contributed by atoms with van der Waals surface area (Å²) in [6, 6.07) is 60.8. The third kappa shape index (κ3) is 5.18. The number of hydrogen-bond acceptors (Lipinski definition) is 4. The predicted octanol–water partition coefficient (Wildman–Crippen LogP) is 13.1. The second-order valence-electron chi connectivity index (χ2n) is 11.6. The normalized spacial score (nSPS) is 11.4. The summed E-state index contributed by atoms with van der Waals surface area (Å²) < 4.78 is 3.78. The SMILES string of the molecule is c1ccc(-c2ccc(N(c3ccc(-c4ccccc4)cc3)c3ccc4c(c3)sc3cc5sc(-c6ccccc6)nc5cc34)cc2)cc1. The summed E-state index contributed by atoms with van der Waals surface area (Å²) in [5, 5.41) is 3.60. The molecule has 0 saturated heterocycles. The molecule has 0 radical (unpaired) electrons. The molecule has 0 fully saturated rings. The lowest BCUT2D eigenvalue weighted by Crippen LogP contribution is -2.09. The van der Waals surface area contributed by atoms with Gasteiger partial charge in [-0.1, -0.05) is 121 Å². The molecule has 2 aromatic heterocycles. The molecule has 0 atom stereocenters. The zero-order chi connectivity index (χ0) is 31.2. The van der Waals surface area contributed by atoms with Crippen LogP contribution in [-0.4, -0.2) is 4.98 Å². The van der Waals surface area contributed by atoms with Gasteiger partial charge in [0.15, 0.2) is 0 Å². The van der Waals surface area contributed by atoms with Gasteiger partial charge in [-0.15, -0.1) is 22.7 Å². The summed E-state index contributed by atoms with van der Waals surface area (Å²) in [6.07, 6.45) is 0. The summed E-state index contributed by atoms with van der Waals surface area (Å²) in [5.74, 6) is 0. The first-order valence-corrected chi connectivity index (χ1v) is 17.3. The Hall–Kier alpha value is -5.55. The molecule has 9 rings (SSSR count). The molecule has 2 heterocycles. The van der Waals surface area contributed by atoms with Crippen LogP contribution in [0.25, 0.3) is 63.2 Å². The highest BCUT2D eigenvalue weighted by molar-refractivity contribution is 7.26. The molecule has 7 aromatic carbocycles. The molecule has 0 aliphatic carbocycles. The minimum absolute atomic E-state index is 1.06. The first-order chi connectivity index (χ1) is 23.3. The molecule has 0 bridgehead atoms. The highest BCUT2D eigenvalue weighted by Gasteiger charge is 2.17. The third-order valence-corrected chi connectivity index (χ3v) is 10.9. The number of rotatable bonds is 6. The number of aromatic nitrogens is 1. The van der Waals surface area contributed by atoms with Crippen molar-refractivity contribution in [3.05, 3.63) is 170 Å². The van der Waals surface area contributed by atoms with Gasteiger partial charge in [-0.2, -0.15) is 0 Å². The smallest absolute Gasteiger partial charge is 0.124 e. The Morgan fingerprint density at radius 1 is 0.362 bits per heavy atom. The summed E-state index contributed by atoms with van der Waals surface area (Å²) in [6.45, 7) is 0. The van der Waals surface area contributed by atoms with Crippen LogP contribution in [0.3, 0.4) is 0 Å². The summed E-state index contributed by atoms with van der Waals surface area (Å²) >= 11 is 3.62. The van der Waals surface area contributed by atoms with Crippen LogP contribution in [0.5, 0.6) is 0 Å². The van der Waals surface area contributed by atoms with E-state index in [1.54, 1.807) is 11.3 Å². The van der Waals surface area contributed by atoms with Crippen LogP contribution >= 0.6 is 22.7 Å². The summed E-state index contributed by atoms with van der Waals surface area (Å²) in [7, 11) is 0. The van der Waals surface area contributed by atoms with Crippen LogP contribution in [0.1, 0.15) is 0 Å². The highest BCUT2D eigenvalue weighted by Crippen LogP contribution is 2.43. The molecule has 0 unspecified atom stereocenters. The van der Waals surface area contributed by atoms with Crippen molar-refractivity contribution in [3.63, 3.8) is 0 Å². The lowest BCUT2D eigenvalue weighted by molar-refractivity contribution is 1.29. The first kappa shape index (κ1) is 27.7. The maximum absolute atomic E-state index is 5.02. The molecule has 2 nitrogen and oxygen atoms in total. The van der Waals surface area contributed by atoms with Crippen molar-refractivity contribution in [2.24, 2.45) is 0 Å². The first-order valence-electron chi connectivity index (χ1n) is 15.7. The van der Waals surface area contributed by atoms with E-state index in [4.69, 9.17) is 4.98 Å². The molecule has 0 spiro atoms. The zero-order valence-electron chi connectivity index (χ0n) is 25.4. The average molecular weight is 637 g/mol. The predicted molar refractivity (Wildman–Crippen MR) is 203 cm³/mol. The standard InChI is InChI=1S/C43H28N2S2/c1-4-10-29(11-5-1)31-16-20-34(21-17-31)45(35-22-18-32(19-23-35)30-12-6-2-7-13-30)36-24-25-37-38-27-39-42(28-41(38)46-40(37)26-36)47-43(44-39)33-14-8-3-9-15-33/h1-28H. The van der Waals surface area contributed by atoms with E-state index in [1.165, 1.54) is 52.7 Å². The van der Waals surface area contributed by atoms with Crippen LogP contribution in [0.15, 0.2) is 170 Å². The Morgan fingerprint density at radius 3 is 1.43 bits per heavy atom. The maximum atomic E-state index is 5.02. The van der Waals surface area contributed by atoms with Crippen molar-refractivity contribution in [1.29, 1.82) is 0 Å². The van der Waals surface area contributed by atoms with E-state index in [0.29, 0.717) is 0 Å². The maximum Gasteiger partial charge on any atom is 0.124 e. The zero-order valence-corrected chi connectivity index (χ0v) is 27.0. The fraction of sp³-hybridized carbons (Fsp3) is 0. The Labute approximate surface area is 281 Å². The second-order valence-corrected chi connectivity index (χ2v) is 13.8. The lowest BCUT2D eigenvalue weighted by atomic mass is 10.0. The van der Waals surface area contributed by atoms with Gasteiger partial charge in [-0.25, -0.2) is 4.98 Å². The lowest BCUT2D eigenvalue weighted by Gasteiger charge is -2.26. The quantitative estimate of drug-likeness (QED) is 0.181. The third-order valence-electron chi connectivity index (χ3n) is 8.71. The number of hydrogen-bond donors (Lipinski definition) is 0. The second kappa shape index (κ2) is 11.7. The van der Waals surface area contributed by atoms with Crippen molar-refractivity contribution < 1.29 is 0 Å². The van der Waals surface area contributed by atoms with Gasteiger partial charge in [0.05, 0.1) is 10.2 Å². The summed E-state index contributed by atoms with van der Waals surface area (Å²) in [5.41, 5.74) is 10.4. The molecule has 0 aliphatic rings. The Balaban J connectivity index is 1.14. The molecular formula is C43H28N2S2. The van der Waals surface area contributed by atoms with E-state index >= 15 is 0 Å². The molecule has 0 amide bonds. The van der Waals surface area contributed by atoms with E-state index in [-0.39, 0.29) is 0 Å². The van der Waals surface area contributed by atoms with Crippen LogP contribution in [0.2, 0.25) is 0 Å². The largest absolute Gasteiger partial charge is 0.310 e. The molecule has 0 saturated carbocycles. The minimum Gasteiger partial charge on any atom is -0.310 e. The Kier molecular flexibility index (Phi) is 6.89. The average Bonchev–Trinajstić information content (AvgIpc) is 3.72. The van der Waals surface area contributed by atoms with E-state index in [2.05, 4.69) is 169 Å². The van der Waals surface area contributed by atoms with Crippen LogP contribution in [-0.2, 0) is 0 Å². The van der Waals surface area contributed by atoms with Crippen molar-refractivity contribution in [3.8, 4) is 32.8 Å². The molecule has 0 N–H and O–H groups in total. The number of nitrogens with zero attached hydrogens (tertiary/aromatic N) is 2. The van der Waals surface area contributed by atoms with E-state index < -0.39 is 0 Å². The molecule has 4 heteroatoms. The fourth-order valence-corrected chi connectivity index (χ4v) is 8.57. The number of thiazole rings is 1. The van der Waals surface area contributed by atoms with Gasteiger partial charge in [-0.05, 0) is 70.8 Å².